The number of hydrogen-bond donors (Lipinski definition) is 1. The summed E-state index contributed by atoms with van der Waals surface area (Å²) in [5.74, 6) is 0.991. The van der Waals surface area contributed by atoms with E-state index in [1.807, 2.05) is 7.05 Å². The number of thioether (sulfide) groups is 1. The van der Waals surface area contributed by atoms with Gasteiger partial charge < -0.3 is 10.1 Å². The van der Waals surface area contributed by atoms with Crippen molar-refractivity contribution in [1.82, 2.24) is 25.5 Å². The van der Waals surface area contributed by atoms with E-state index < -0.39 is 0 Å². The molecule has 1 aromatic rings. The molecule has 0 bridgehead atoms. The molecule has 0 unspecified atom stereocenters. The first-order valence-corrected chi connectivity index (χ1v) is 8.35. The topological polar surface area (TPSA) is 81.9 Å². The van der Waals surface area contributed by atoms with Crippen molar-refractivity contribution in [3.05, 3.63) is 0 Å². The van der Waals surface area contributed by atoms with Crippen molar-refractivity contribution in [2.45, 2.75) is 55.8 Å². The molecule has 0 spiro atoms. The van der Waals surface area contributed by atoms with Crippen molar-refractivity contribution >= 4 is 17.7 Å². The van der Waals surface area contributed by atoms with Crippen LogP contribution in [0.1, 0.15) is 38.5 Å². The van der Waals surface area contributed by atoms with Crippen LogP contribution in [0.3, 0.4) is 0 Å². The van der Waals surface area contributed by atoms with Gasteiger partial charge in [0, 0.05) is 32.4 Å². The van der Waals surface area contributed by atoms with E-state index in [1.165, 1.54) is 0 Å². The Morgan fingerprint density at radius 2 is 2.19 bits per heavy atom. The maximum absolute atomic E-state index is 11.9. The Labute approximate surface area is 129 Å². The molecule has 1 heterocycles. The van der Waals surface area contributed by atoms with E-state index in [0.29, 0.717) is 18.6 Å². The summed E-state index contributed by atoms with van der Waals surface area (Å²) in [6, 6.07) is 0.319. The molecule has 1 saturated carbocycles. The molecule has 1 aromatic heterocycles. The van der Waals surface area contributed by atoms with Crippen molar-refractivity contribution in [2.75, 3.05) is 12.9 Å². The molecule has 0 aromatic carbocycles. The summed E-state index contributed by atoms with van der Waals surface area (Å²) in [7, 11) is 3.57. The molecule has 0 atom stereocenters. The average molecular weight is 313 g/mol. The second kappa shape index (κ2) is 8.33. The number of carbonyl (C=O) groups is 1. The highest BCUT2D eigenvalue weighted by molar-refractivity contribution is 7.99. The van der Waals surface area contributed by atoms with E-state index in [0.717, 1.165) is 43.0 Å². The van der Waals surface area contributed by atoms with E-state index in [1.54, 1.807) is 23.6 Å². The minimum atomic E-state index is 0.146. The molecule has 0 radical (unpaired) electrons. The van der Waals surface area contributed by atoms with Crippen LogP contribution in [0.5, 0.6) is 0 Å². The van der Waals surface area contributed by atoms with Crippen LogP contribution in [0.25, 0.3) is 0 Å². The largest absolute Gasteiger partial charge is 0.381 e. The van der Waals surface area contributed by atoms with Crippen molar-refractivity contribution < 1.29 is 9.53 Å². The predicted octanol–water partition coefficient (Wildman–Crippen LogP) is 1.16. The summed E-state index contributed by atoms with van der Waals surface area (Å²) in [5, 5.41) is 15.1. The van der Waals surface area contributed by atoms with E-state index in [4.69, 9.17) is 4.74 Å². The first-order valence-electron chi connectivity index (χ1n) is 7.36. The zero-order valence-electron chi connectivity index (χ0n) is 12.6. The summed E-state index contributed by atoms with van der Waals surface area (Å²) in [4.78, 5) is 11.9. The molecule has 0 saturated heterocycles. The summed E-state index contributed by atoms with van der Waals surface area (Å²) in [6.07, 6.45) is 5.87. The third kappa shape index (κ3) is 5.28. The standard InChI is InChI=1S/C13H23N5O2S/c1-18-13(15-16-17-18)21-9-3-4-12(19)14-10-5-7-11(20-2)8-6-10/h10-11H,3-9H2,1-2H3,(H,14,19). The van der Waals surface area contributed by atoms with Gasteiger partial charge in [-0.1, -0.05) is 11.8 Å². The van der Waals surface area contributed by atoms with Crippen molar-refractivity contribution in [1.29, 1.82) is 0 Å². The Kier molecular flexibility index (Phi) is 6.44. The van der Waals surface area contributed by atoms with Crippen LogP contribution in [0.4, 0.5) is 0 Å². The lowest BCUT2D eigenvalue weighted by atomic mass is 9.93. The molecular formula is C13H23N5O2S. The van der Waals surface area contributed by atoms with Gasteiger partial charge >= 0.3 is 0 Å². The molecule has 0 aliphatic heterocycles. The van der Waals surface area contributed by atoms with Gasteiger partial charge in [0.1, 0.15) is 0 Å². The van der Waals surface area contributed by atoms with Gasteiger partial charge in [0.25, 0.3) is 0 Å². The van der Waals surface area contributed by atoms with Crippen molar-refractivity contribution in [3.8, 4) is 0 Å². The first-order chi connectivity index (χ1) is 10.2. The zero-order chi connectivity index (χ0) is 15.1. The van der Waals surface area contributed by atoms with E-state index in [2.05, 4.69) is 20.8 Å². The SMILES string of the molecule is COC1CCC(NC(=O)CCCSc2nnnn2C)CC1. The maximum atomic E-state index is 11.9. The van der Waals surface area contributed by atoms with Gasteiger partial charge in [-0.15, -0.1) is 5.10 Å². The van der Waals surface area contributed by atoms with Crippen molar-refractivity contribution in [3.63, 3.8) is 0 Å². The van der Waals surface area contributed by atoms with Crippen LogP contribution in [-0.4, -0.2) is 51.1 Å². The Morgan fingerprint density at radius 3 is 2.81 bits per heavy atom. The minimum Gasteiger partial charge on any atom is -0.381 e. The molecule has 1 N–H and O–H groups in total. The van der Waals surface area contributed by atoms with Crippen LogP contribution in [-0.2, 0) is 16.6 Å². The molecule has 118 valence electrons. The number of nitrogens with zero attached hydrogens (tertiary/aromatic N) is 4. The monoisotopic (exact) mass is 313 g/mol. The number of amides is 1. The van der Waals surface area contributed by atoms with Gasteiger partial charge in [0.15, 0.2) is 0 Å². The zero-order valence-corrected chi connectivity index (χ0v) is 13.4. The summed E-state index contributed by atoms with van der Waals surface area (Å²) >= 11 is 1.58. The number of nitrogens with one attached hydrogen (secondary N) is 1. The lowest BCUT2D eigenvalue weighted by Crippen LogP contribution is -2.38. The molecule has 1 fully saturated rings. The summed E-state index contributed by atoms with van der Waals surface area (Å²) in [6.45, 7) is 0. The Hall–Kier alpha value is -1.15. The Morgan fingerprint density at radius 1 is 1.43 bits per heavy atom. The lowest BCUT2D eigenvalue weighted by Gasteiger charge is -2.28. The second-order valence-electron chi connectivity index (χ2n) is 5.31. The number of hydrogen-bond acceptors (Lipinski definition) is 6. The normalized spacial score (nSPS) is 22.2. The number of aryl methyl sites for hydroxylation is 1. The van der Waals surface area contributed by atoms with Gasteiger partial charge in [-0.05, 0) is 42.5 Å². The summed E-state index contributed by atoms with van der Waals surface area (Å²) in [5.41, 5.74) is 0. The quantitative estimate of drug-likeness (QED) is 0.601. The molecule has 1 aliphatic carbocycles. The predicted molar refractivity (Wildman–Crippen MR) is 80.0 cm³/mol. The fourth-order valence-electron chi connectivity index (χ4n) is 2.48. The molecule has 8 heteroatoms. The maximum Gasteiger partial charge on any atom is 0.220 e. The van der Waals surface area contributed by atoms with E-state index in [-0.39, 0.29) is 5.91 Å². The van der Waals surface area contributed by atoms with Crippen LogP contribution in [0.15, 0.2) is 5.16 Å². The highest BCUT2D eigenvalue weighted by Gasteiger charge is 2.21. The van der Waals surface area contributed by atoms with Crippen LogP contribution >= 0.6 is 11.8 Å². The fourth-order valence-corrected chi connectivity index (χ4v) is 3.27. The number of aromatic nitrogens is 4. The number of carbonyl (C=O) groups excluding carboxylic acids is 1. The van der Waals surface area contributed by atoms with Gasteiger partial charge in [-0.3, -0.25) is 4.79 Å². The van der Waals surface area contributed by atoms with Crippen LogP contribution in [0, 0.1) is 0 Å². The van der Waals surface area contributed by atoms with Gasteiger partial charge in [-0.2, -0.15) is 0 Å². The molecule has 7 nitrogen and oxygen atoms in total. The number of ether oxygens (including phenoxy) is 1. The Balaban J connectivity index is 1.57. The third-order valence-corrected chi connectivity index (χ3v) is 4.83. The fraction of sp³-hybridized carbons (Fsp3) is 0.846. The molecular weight excluding hydrogens is 290 g/mol. The number of tetrazole rings is 1. The van der Waals surface area contributed by atoms with Crippen LogP contribution < -0.4 is 5.32 Å². The number of rotatable bonds is 7. The highest BCUT2D eigenvalue weighted by atomic mass is 32.2. The Bertz CT molecular complexity index is 446. The molecule has 21 heavy (non-hydrogen) atoms. The van der Waals surface area contributed by atoms with E-state index in [9.17, 15) is 4.79 Å². The smallest absolute Gasteiger partial charge is 0.220 e. The highest BCUT2D eigenvalue weighted by Crippen LogP contribution is 2.21. The lowest BCUT2D eigenvalue weighted by molar-refractivity contribution is -0.122. The van der Waals surface area contributed by atoms with Gasteiger partial charge in [0.05, 0.1) is 6.10 Å². The van der Waals surface area contributed by atoms with Gasteiger partial charge in [-0.25, -0.2) is 4.68 Å². The van der Waals surface area contributed by atoms with E-state index >= 15 is 0 Å². The minimum absolute atomic E-state index is 0.146. The third-order valence-electron chi connectivity index (χ3n) is 3.73. The molecule has 2 rings (SSSR count). The van der Waals surface area contributed by atoms with Crippen molar-refractivity contribution in [2.24, 2.45) is 7.05 Å². The van der Waals surface area contributed by atoms with Crippen LogP contribution in [0.2, 0.25) is 0 Å². The number of methoxy groups -OCH3 is 1. The summed E-state index contributed by atoms with van der Waals surface area (Å²) < 4.78 is 6.97. The first kappa shape index (κ1) is 16.2. The molecule has 1 aliphatic rings. The second-order valence-corrected chi connectivity index (χ2v) is 6.38. The molecule has 1 amide bonds. The average Bonchev–Trinajstić information content (AvgIpc) is 2.90. The van der Waals surface area contributed by atoms with Gasteiger partial charge in [0.2, 0.25) is 11.1 Å².